The van der Waals surface area contributed by atoms with E-state index in [1.807, 2.05) is 18.2 Å². The van der Waals surface area contributed by atoms with Crippen LogP contribution in [-0.4, -0.2) is 5.11 Å². The van der Waals surface area contributed by atoms with Gasteiger partial charge < -0.3 is 9.52 Å². The molecule has 0 fully saturated rings. The first-order valence-corrected chi connectivity index (χ1v) is 6.43. The average molecular weight is 295 g/mol. The van der Waals surface area contributed by atoms with E-state index in [0.717, 1.165) is 4.47 Å². The Morgan fingerprint density at radius 1 is 1.24 bits per heavy atom. The summed E-state index contributed by atoms with van der Waals surface area (Å²) in [5, 5.41) is 10.1. The van der Waals surface area contributed by atoms with Crippen molar-refractivity contribution >= 4 is 15.9 Å². The van der Waals surface area contributed by atoms with Crippen molar-refractivity contribution in [3.8, 4) is 0 Å². The molecule has 2 atom stereocenters. The molecule has 2 unspecified atom stereocenters. The highest BCUT2D eigenvalue weighted by molar-refractivity contribution is 9.10. The quantitative estimate of drug-likeness (QED) is 0.913. The van der Waals surface area contributed by atoms with Crippen LogP contribution in [0.2, 0.25) is 0 Å². The first kappa shape index (κ1) is 12.4. The number of rotatable bonds is 4. The Morgan fingerprint density at radius 3 is 2.53 bits per heavy atom. The molecule has 3 heteroatoms. The molecule has 0 amide bonds. The molecule has 0 spiro atoms. The fourth-order valence-corrected chi connectivity index (χ4v) is 2.37. The third kappa shape index (κ3) is 2.99. The Balaban J connectivity index is 2.05. The van der Waals surface area contributed by atoms with Gasteiger partial charge in [0.25, 0.3) is 0 Å². The van der Waals surface area contributed by atoms with Gasteiger partial charge in [-0.1, -0.05) is 37.3 Å². The number of aliphatic hydroxyl groups excluding tert-OH is 1. The summed E-state index contributed by atoms with van der Waals surface area (Å²) in [5.74, 6) is 0.899. The maximum absolute atomic E-state index is 10.1. The minimum absolute atomic E-state index is 0.295. The normalized spacial score (nSPS) is 14.5. The molecule has 1 aromatic carbocycles. The number of benzene rings is 1. The predicted molar refractivity (Wildman–Crippen MR) is 70.8 cm³/mol. The van der Waals surface area contributed by atoms with Gasteiger partial charge in [-0.3, -0.25) is 0 Å². The van der Waals surface area contributed by atoms with Gasteiger partial charge in [-0.2, -0.15) is 0 Å². The summed E-state index contributed by atoms with van der Waals surface area (Å²) in [4.78, 5) is 0. The molecule has 1 heterocycles. The van der Waals surface area contributed by atoms with E-state index in [4.69, 9.17) is 4.42 Å². The maximum atomic E-state index is 10.1. The summed E-state index contributed by atoms with van der Waals surface area (Å²) >= 11 is 3.36. The molecule has 0 saturated heterocycles. The van der Waals surface area contributed by atoms with Gasteiger partial charge in [0.05, 0.1) is 10.7 Å². The van der Waals surface area contributed by atoms with Crippen LogP contribution in [0.15, 0.2) is 51.6 Å². The van der Waals surface area contributed by atoms with Crippen LogP contribution in [0, 0.1) is 0 Å². The van der Waals surface area contributed by atoms with Crippen molar-refractivity contribution in [2.24, 2.45) is 0 Å². The first-order chi connectivity index (χ1) is 8.18. The van der Waals surface area contributed by atoms with Crippen LogP contribution >= 0.6 is 15.9 Å². The summed E-state index contributed by atoms with van der Waals surface area (Å²) < 4.78 is 6.09. The Kier molecular flexibility index (Phi) is 4.02. The highest BCUT2D eigenvalue weighted by Crippen LogP contribution is 2.32. The van der Waals surface area contributed by atoms with Crippen LogP contribution < -0.4 is 0 Å². The van der Waals surface area contributed by atoms with E-state index in [9.17, 15) is 5.11 Å². The lowest BCUT2D eigenvalue weighted by Gasteiger charge is -2.15. The van der Waals surface area contributed by atoms with Gasteiger partial charge in [0.15, 0.2) is 0 Å². The number of halogens is 1. The Bertz CT molecular complexity index is 464. The van der Waals surface area contributed by atoms with E-state index in [0.29, 0.717) is 18.1 Å². The standard InChI is InChI=1S/C14H15BrO2/c1-10(11-5-3-2-4-6-11)9-13(16)14-12(15)7-8-17-14/h2-8,10,13,16H,9H2,1H3. The molecular weight excluding hydrogens is 280 g/mol. The van der Waals surface area contributed by atoms with E-state index in [-0.39, 0.29) is 0 Å². The number of aliphatic hydroxyl groups is 1. The van der Waals surface area contributed by atoms with Crippen molar-refractivity contribution in [1.82, 2.24) is 0 Å². The third-order valence-corrected chi connectivity index (χ3v) is 3.55. The highest BCUT2D eigenvalue weighted by Gasteiger charge is 2.18. The van der Waals surface area contributed by atoms with E-state index in [1.165, 1.54) is 5.56 Å². The molecule has 1 aromatic heterocycles. The molecule has 2 aromatic rings. The van der Waals surface area contributed by atoms with Gasteiger partial charge >= 0.3 is 0 Å². The van der Waals surface area contributed by atoms with E-state index in [2.05, 4.69) is 35.0 Å². The zero-order valence-electron chi connectivity index (χ0n) is 9.64. The lowest BCUT2D eigenvalue weighted by atomic mass is 9.94. The molecule has 17 heavy (non-hydrogen) atoms. The van der Waals surface area contributed by atoms with Crippen LogP contribution in [0.25, 0.3) is 0 Å². The first-order valence-electron chi connectivity index (χ1n) is 5.64. The molecule has 0 bridgehead atoms. The largest absolute Gasteiger partial charge is 0.465 e. The molecule has 0 aliphatic carbocycles. The molecule has 2 rings (SSSR count). The van der Waals surface area contributed by atoms with Crippen molar-refractivity contribution in [3.63, 3.8) is 0 Å². The monoisotopic (exact) mass is 294 g/mol. The van der Waals surface area contributed by atoms with Crippen molar-refractivity contribution in [2.75, 3.05) is 0 Å². The second-order valence-electron chi connectivity index (χ2n) is 4.20. The van der Waals surface area contributed by atoms with Gasteiger partial charge in [0.2, 0.25) is 0 Å². The molecule has 90 valence electrons. The van der Waals surface area contributed by atoms with E-state index >= 15 is 0 Å². The summed E-state index contributed by atoms with van der Waals surface area (Å²) in [6, 6.07) is 12.0. The van der Waals surface area contributed by atoms with Gasteiger partial charge in [-0.05, 0) is 39.9 Å². The van der Waals surface area contributed by atoms with Crippen LogP contribution in [-0.2, 0) is 0 Å². The lowest BCUT2D eigenvalue weighted by Crippen LogP contribution is -2.03. The highest BCUT2D eigenvalue weighted by atomic mass is 79.9. The second-order valence-corrected chi connectivity index (χ2v) is 5.05. The zero-order valence-corrected chi connectivity index (χ0v) is 11.2. The molecule has 2 nitrogen and oxygen atoms in total. The summed E-state index contributed by atoms with van der Waals surface area (Å²) in [7, 11) is 0. The predicted octanol–water partition coefficient (Wildman–Crippen LogP) is 4.27. The van der Waals surface area contributed by atoms with Gasteiger partial charge in [0, 0.05) is 0 Å². The summed E-state index contributed by atoms with van der Waals surface area (Å²) in [6.45, 7) is 2.11. The topological polar surface area (TPSA) is 33.4 Å². The number of hydrogen-bond acceptors (Lipinski definition) is 2. The SMILES string of the molecule is CC(CC(O)c1occc1Br)c1ccccc1. The molecule has 0 aliphatic heterocycles. The van der Waals surface area contributed by atoms with Crippen LogP contribution in [0.5, 0.6) is 0 Å². The molecule has 0 saturated carbocycles. The smallest absolute Gasteiger partial charge is 0.146 e. The van der Waals surface area contributed by atoms with Gasteiger partial charge in [0.1, 0.15) is 11.9 Å². The third-order valence-electron chi connectivity index (χ3n) is 2.89. The van der Waals surface area contributed by atoms with E-state index < -0.39 is 6.10 Å². The Labute approximate surface area is 109 Å². The van der Waals surface area contributed by atoms with Gasteiger partial charge in [-0.25, -0.2) is 0 Å². The molecule has 0 radical (unpaired) electrons. The molecule has 0 aliphatic rings. The fourth-order valence-electron chi connectivity index (χ4n) is 1.90. The maximum Gasteiger partial charge on any atom is 0.146 e. The minimum atomic E-state index is -0.574. The summed E-state index contributed by atoms with van der Waals surface area (Å²) in [6.07, 6.45) is 1.65. The number of furan rings is 1. The Morgan fingerprint density at radius 2 is 1.94 bits per heavy atom. The lowest BCUT2D eigenvalue weighted by molar-refractivity contribution is 0.132. The van der Waals surface area contributed by atoms with Crippen LogP contribution in [0.4, 0.5) is 0 Å². The van der Waals surface area contributed by atoms with Crippen molar-refractivity contribution < 1.29 is 9.52 Å². The van der Waals surface area contributed by atoms with Crippen molar-refractivity contribution in [1.29, 1.82) is 0 Å². The molecular formula is C14H15BrO2. The van der Waals surface area contributed by atoms with Gasteiger partial charge in [-0.15, -0.1) is 0 Å². The molecule has 1 N–H and O–H groups in total. The van der Waals surface area contributed by atoms with Crippen molar-refractivity contribution in [3.05, 3.63) is 58.5 Å². The van der Waals surface area contributed by atoms with Crippen LogP contribution in [0.1, 0.15) is 36.7 Å². The van der Waals surface area contributed by atoms with Crippen LogP contribution in [0.3, 0.4) is 0 Å². The Hall–Kier alpha value is -1.06. The minimum Gasteiger partial charge on any atom is -0.465 e. The van der Waals surface area contributed by atoms with Crippen molar-refractivity contribution in [2.45, 2.75) is 25.4 Å². The second kappa shape index (κ2) is 5.52. The average Bonchev–Trinajstić information content (AvgIpc) is 2.76. The van der Waals surface area contributed by atoms with E-state index in [1.54, 1.807) is 12.3 Å². The number of hydrogen-bond donors (Lipinski definition) is 1. The zero-order chi connectivity index (χ0) is 12.3. The summed E-state index contributed by atoms with van der Waals surface area (Å²) in [5.41, 5.74) is 1.23. The fraction of sp³-hybridized carbons (Fsp3) is 0.286.